The predicted octanol–water partition coefficient (Wildman–Crippen LogP) is 4.39. The van der Waals surface area contributed by atoms with Crippen molar-refractivity contribution in [2.24, 2.45) is 5.10 Å². The van der Waals surface area contributed by atoms with E-state index in [-0.39, 0.29) is 11.7 Å². The number of benzene rings is 2. The highest BCUT2D eigenvalue weighted by atomic mass is 127. The zero-order chi connectivity index (χ0) is 18.4. The first-order valence-electron chi connectivity index (χ1n) is 7.28. The van der Waals surface area contributed by atoms with E-state index < -0.39 is 0 Å². The van der Waals surface area contributed by atoms with Gasteiger partial charge in [-0.1, -0.05) is 0 Å². The van der Waals surface area contributed by atoms with Crippen LogP contribution < -0.4 is 10.2 Å². The zero-order valence-electron chi connectivity index (χ0n) is 13.5. The van der Waals surface area contributed by atoms with Crippen molar-refractivity contribution in [3.63, 3.8) is 0 Å². The quantitative estimate of drug-likeness (QED) is 0.256. The topological polar surface area (TPSA) is 80.2 Å². The average Bonchev–Trinajstić information content (AvgIpc) is 2.58. The summed E-state index contributed by atoms with van der Waals surface area (Å²) in [7, 11) is 1.48. The summed E-state index contributed by atoms with van der Waals surface area (Å²) in [5.41, 5.74) is 4.91. The number of aromatic hydroxyl groups is 1. The monoisotopic (exact) mass is 518 g/mol. The van der Waals surface area contributed by atoms with Crippen molar-refractivity contribution in [3.8, 4) is 11.5 Å². The predicted molar refractivity (Wildman–Crippen MR) is 109 cm³/mol. The molecule has 0 saturated heterocycles. The van der Waals surface area contributed by atoms with Crippen molar-refractivity contribution in [1.29, 1.82) is 0 Å². The lowest BCUT2D eigenvalue weighted by Gasteiger charge is -2.08. The summed E-state index contributed by atoms with van der Waals surface area (Å²) in [5.74, 6) is 0.0530. The molecule has 0 aliphatic rings. The molecule has 0 saturated carbocycles. The summed E-state index contributed by atoms with van der Waals surface area (Å²) in [5, 5.41) is 13.9. The molecule has 6 nitrogen and oxygen atoms in total. The Morgan fingerprint density at radius 2 is 2.16 bits per heavy atom. The number of rotatable bonds is 6. The van der Waals surface area contributed by atoms with Gasteiger partial charge in [0.25, 0.3) is 0 Å². The first kappa shape index (κ1) is 19.5. The number of hydrogen-bond donors (Lipinski definition) is 2. The number of carbonyl (C=O) groups excluding carboxylic acids is 1. The molecule has 0 unspecified atom stereocenters. The van der Waals surface area contributed by atoms with Crippen molar-refractivity contribution in [2.45, 2.75) is 6.92 Å². The summed E-state index contributed by atoms with van der Waals surface area (Å²) < 4.78 is 11.6. The lowest BCUT2D eigenvalue weighted by atomic mass is 10.2. The molecule has 8 heteroatoms. The van der Waals surface area contributed by atoms with Gasteiger partial charge in [0.15, 0.2) is 11.5 Å². The lowest BCUT2D eigenvalue weighted by molar-refractivity contribution is 0.0526. The Balaban J connectivity index is 2.13. The van der Waals surface area contributed by atoms with E-state index in [9.17, 15) is 9.90 Å². The molecule has 0 amide bonds. The molecule has 2 aromatic rings. The third-order valence-corrected chi connectivity index (χ3v) is 4.75. The Kier molecular flexibility index (Phi) is 7.06. The van der Waals surface area contributed by atoms with Crippen molar-refractivity contribution in [3.05, 3.63) is 49.5 Å². The normalized spacial score (nSPS) is 10.7. The van der Waals surface area contributed by atoms with Gasteiger partial charge in [0.2, 0.25) is 0 Å². The Morgan fingerprint density at radius 3 is 2.80 bits per heavy atom. The molecule has 0 aliphatic carbocycles. The number of phenols is 1. The smallest absolute Gasteiger partial charge is 0.338 e. The van der Waals surface area contributed by atoms with Gasteiger partial charge in [0.05, 0.1) is 31.2 Å². The van der Waals surface area contributed by atoms with Crippen LogP contribution >= 0.6 is 38.5 Å². The SMILES string of the molecule is CCOC(=O)c1ccc(NN=Cc2cc(OC)c(O)cc2Br)c(I)c1. The van der Waals surface area contributed by atoms with Gasteiger partial charge in [0.1, 0.15) is 0 Å². The van der Waals surface area contributed by atoms with E-state index in [1.165, 1.54) is 13.2 Å². The van der Waals surface area contributed by atoms with Gasteiger partial charge in [-0.05, 0) is 75.8 Å². The molecule has 0 atom stereocenters. The molecule has 2 rings (SSSR count). The fourth-order valence-electron chi connectivity index (χ4n) is 1.94. The molecule has 2 N–H and O–H groups in total. The molecular weight excluding hydrogens is 503 g/mol. The maximum absolute atomic E-state index is 11.7. The van der Waals surface area contributed by atoms with Crippen molar-refractivity contribution in [2.75, 3.05) is 19.1 Å². The van der Waals surface area contributed by atoms with Crippen LogP contribution in [0.25, 0.3) is 0 Å². The van der Waals surface area contributed by atoms with Gasteiger partial charge >= 0.3 is 5.97 Å². The molecule has 0 aliphatic heterocycles. The summed E-state index contributed by atoms with van der Waals surface area (Å²) in [4.78, 5) is 11.7. The Morgan fingerprint density at radius 1 is 1.40 bits per heavy atom. The largest absolute Gasteiger partial charge is 0.504 e. The molecule has 2 aromatic carbocycles. The van der Waals surface area contributed by atoms with Crippen LogP contribution in [0.4, 0.5) is 5.69 Å². The number of halogens is 2. The van der Waals surface area contributed by atoms with Gasteiger partial charge in [0, 0.05) is 13.6 Å². The fraction of sp³-hybridized carbons (Fsp3) is 0.176. The van der Waals surface area contributed by atoms with Crippen molar-refractivity contribution < 1.29 is 19.4 Å². The first-order valence-corrected chi connectivity index (χ1v) is 9.15. The summed E-state index contributed by atoms with van der Waals surface area (Å²) in [6.45, 7) is 2.11. The van der Waals surface area contributed by atoms with Crippen LogP contribution in [-0.2, 0) is 4.74 Å². The van der Waals surface area contributed by atoms with Gasteiger partial charge in [-0.3, -0.25) is 5.43 Å². The fourth-order valence-corrected chi connectivity index (χ4v) is 3.01. The molecule has 0 radical (unpaired) electrons. The van der Waals surface area contributed by atoms with E-state index in [0.717, 1.165) is 14.8 Å². The van der Waals surface area contributed by atoms with Gasteiger partial charge in [-0.2, -0.15) is 5.10 Å². The van der Waals surface area contributed by atoms with E-state index in [1.54, 1.807) is 37.4 Å². The lowest BCUT2D eigenvalue weighted by Crippen LogP contribution is -2.05. The van der Waals surface area contributed by atoms with Crippen LogP contribution in [0, 0.1) is 3.57 Å². The number of hydrazone groups is 1. The second-order valence-electron chi connectivity index (χ2n) is 4.83. The maximum atomic E-state index is 11.7. The molecule has 0 fully saturated rings. The number of esters is 1. The third kappa shape index (κ3) is 5.08. The highest BCUT2D eigenvalue weighted by Gasteiger charge is 2.09. The Bertz CT molecular complexity index is 811. The number of methoxy groups -OCH3 is 1. The molecule has 0 heterocycles. The number of phenolic OH excluding ortho intramolecular Hbond substituents is 1. The number of ether oxygens (including phenoxy) is 2. The Labute approximate surface area is 167 Å². The highest BCUT2D eigenvalue weighted by molar-refractivity contribution is 14.1. The van der Waals surface area contributed by atoms with E-state index in [4.69, 9.17) is 9.47 Å². The van der Waals surface area contributed by atoms with Crippen molar-refractivity contribution in [1.82, 2.24) is 0 Å². The number of anilines is 1. The minimum Gasteiger partial charge on any atom is -0.504 e. The maximum Gasteiger partial charge on any atom is 0.338 e. The molecule has 0 bridgehead atoms. The minimum atomic E-state index is -0.351. The zero-order valence-corrected chi connectivity index (χ0v) is 17.3. The van der Waals surface area contributed by atoms with Crippen LogP contribution in [0.5, 0.6) is 11.5 Å². The molecule has 0 aromatic heterocycles. The summed E-state index contributed by atoms with van der Waals surface area (Å²) >= 11 is 5.48. The first-order chi connectivity index (χ1) is 12.0. The number of nitrogens with zero attached hydrogens (tertiary/aromatic N) is 1. The van der Waals surface area contributed by atoms with Gasteiger partial charge < -0.3 is 14.6 Å². The third-order valence-electron chi connectivity index (χ3n) is 3.17. The second-order valence-corrected chi connectivity index (χ2v) is 6.85. The van der Waals surface area contributed by atoms with Crippen molar-refractivity contribution >= 4 is 56.4 Å². The van der Waals surface area contributed by atoms with Gasteiger partial charge in [-0.25, -0.2) is 4.79 Å². The molecular formula is C17H16BrIN2O4. The van der Waals surface area contributed by atoms with Crippen LogP contribution in [0.3, 0.4) is 0 Å². The van der Waals surface area contributed by atoms with E-state index in [1.807, 2.05) is 0 Å². The number of carbonyl (C=O) groups is 1. The van der Waals surface area contributed by atoms with Crippen LogP contribution in [-0.4, -0.2) is 31.0 Å². The number of nitrogens with one attached hydrogen (secondary N) is 1. The highest BCUT2D eigenvalue weighted by Crippen LogP contribution is 2.31. The van der Waals surface area contributed by atoms with Gasteiger partial charge in [-0.15, -0.1) is 0 Å². The van der Waals surface area contributed by atoms with E-state index >= 15 is 0 Å². The molecule has 25 heavy (non-hydrogen) atoms. The standard InChI is InChI=1S/C17H16BrIN2O4/c1-3-25-17(23)10-4-5-14(13(19)6-10)21-20-9-11-7-16(24-2)15(22)8-12(11)18/h4-9,21-22H,3H2,1-2H3. The molecule has 132 valence electrons. The average molecular weight is 519 g/mol. The van der Waals surface area contributed by atoms with Crippen LogP contribution in [0.1, 0.15) is 22.8 Å². The molecule has 0 spiro atoms. The summed E-state index contributed by atoms with van der Waals surface area (Å²) in [6, 6.07) is 8.38. The van der Waals surface area contributed by atoms with E-state index in [2.05, 4.69) is 49.0 Å². The van der Waals surface area contributed by atoms with Crippen LogP contribution in [0.15, 0.2) is 39.9 Å². The van der Waals surface area contributed by atoms with E-state index in [0.29, 0.717) is 22.4 Å². The summed E-state index contributed by atoms with van der Waals surface area (Å²) in [6.07, 6.45) is 1.60. The second kappa shape index (κ2) is 9.04. The minimum absolute atomic E-state index is 0.0450. The van der Waals surface area contributed by atoms with Crippen LogP contribution in [0.2, 0.25) is 0 Å². The number of hydrogen-bond acceptors (Lipinski definition) is 6. The Hall–Kier alpha value is -1.81.